The zero-order chi connectivity index (χ0) is 18.5. The van der Waals surface area contributed by atoms with E-state index in [0.29, 0.717) is 18.7 Å². The first-order valence-corrected chi connectivity index (χ1v) is 9.05. The Labute approximate surface area is 157 Å². The number of hydrogen-bond donors (Lipinski definition) is 1. The van der Waals surface area contributed by atoms with E-state index < -0.39 is 0 Å². The lowest BCUT2D eigenvalue weighted by Gasteiger charge is -2.11. The van der Waals surface area contributed by atoms with Gasteiger partial charge in [-0.1, -0.05) is 48.5 Å². The molecule has 1 N–H and O–H groups in total. The topological polar surface area (TPSA) is 51.2 Å². The van der Waals surface area contributed by atoms with E-state index in [4.69, 9.17) is 4.74 Å². The molecule has 27 heavy (non-hydrogen) atoms. The number of rotatable bonds is 6. The summed E-state index contributed by atoms with van der Waals surface area (Å²) < 4.78 is 5.66. The van der Waals surface area contributed by atoms with E-state index in [9.17, 15) is 4.79 Å². The van der Waals surface area contributed by atoms with Crippen LogP contribution >= 0.6 is 0 Å². The monoisotopic (exact) mass is 356 g/mol. The summed E-state index contributed by atoms with van der Waals surface area (Å²) in [4.78, 5) is 17.2. The molecule has 0 aliphatic heterocycles. The molecule has 0 fully saturated rings. The minimum atomic E-state index is -0.107. The number of aromatic nitrogens is 1. The number of amides is 1. The van der Waals surface area contributed by atoms with Gasteiger partial charge in [0.05, 0.1) is 17.7 Å². The van der Waals surface area contributed by atoms with Crippen molar-refractivity contribution in [2.24, 2.45) is 0 Å². The van der Waals surface area contributed by atoms with Crippen molar-refractivity contribution in [2.45, 2.75) is 6.42 Å². The second-order valence-electron chi connectivity index (χ2n) is 6.32. The Hall–Kier alpha value is -3.40. The first kappa shape index (κ1) is 17.0. The van der Waals surface area contributed by atoms with Crippen molar-refractivity contribution < 1.29 is 9.53 Å². The van der Waals surface area contributed by atoms with Crippen LogP contribution in [0.5, 0.6) is 5.75 Å². The quantitative estimate of drug-likeness (QED) is 0.406. The van der Waals surface area contributed by atoms with Gasteiger partial charge >= 0.3 is 0 Å². The van der Waals surface area contributed by atoms with E-state index >= 15 is 0 Å². The Morgan fingerprint density at radius 2 is 1.70 bits per heavy atom. The average molecular weight is 356 g/mol. The summed E-state index contributed by atoms with van der Waals surface area (Å²) in [6.45, 7) is 1.10. The standard InChI is InChI=1S/C23H20N2O2/c26-23(25-14-7-15-27-18-9-2-1-3-10-18)21-16-17-8-4-5-11-19(17)20-12-6-13-24-22(20)21/h1-6,8-13,16H,7,14-15H2,(H,25,26). The fraction of sp³-hybridized carbons (Fsp3) is 0.130. The Kier molecular flexibility index (Phi) is 4.97. The molecule has 0 unspecified atom stereocenters. The highest BCUT2D eigenvalue weighted by Gasteiger charge is 2.13. The van der Waals surface area contributed by atoms with Gasteiger partial charge in [-0.05, 0) is 41.5 Å². The highest BCUT2D eigenvalue weighted by atomic mass is 16.5. The van der Waals surface area contributed by atoms with Gasteiger partial charge in [0.1, 0.15) is 5.75 Å². The van der Waals surface area contributed by atoms with Gasteiger partial charge in [0.2, 0.25) is 0 Å². The summed E-state index contributed by atoms with van der Waals surface area (Å²) in [6, 6.07) is 23.6. The van der Waals surface area contributed by atoms with E-state index in [-0.39, 0.29) is 5.91 Å². The van der Waals surface area contributed by atoms with Crippen molar-refractivity contribution in [3.63, 3.8) is 0 Å². The Morgan fingerprint density at radius 3 is 2.59 bits per heavy atom. The van der Waals surface area contributed by atoms with Crippen molar-refractivity contribution in [2.75, 3.05) is 13.2 Å². The zero-order valence-corrected chi connectivity index (χ0v) is 14.9. The van der Waals surface area contributed by atoms with Crippen LogP contribution in [0, 0.1) is 0 Å². The molecule has 0 aliphatic rings. The van der Waals surface area contributed by atoms with Crippen molar-refractivity contribution in [1.82, 2.24) is 10.3 Å². The van der Waals surface area contributed by atoms with Gasteiger partial charge < -0.3 is 10.1 Å². The van der Waals surface area contributed by atoms with E-state index in [0.717, 1.165) is 33.8 Å². The maximum absolute atomic E-state index is 12.7. The highest BCUT2D eigenvalue weighted by Crippen LogP contribution is 2.27. The van der Waals surface area contributed by atoms with Crippen LogP contribution in [0.2, 0.25) is 0 Å². The van der Waals surface area contributed by atoms with Crippen molar-refractivity contribution in [1.29, 1.82) is 0 Å². The van der Waals surface area contributed by atoms with Crippen LogP contribution in [-0.4, -0.2) is 24.0 Å². The number of nitrogens with zero attached hydrogens (tertiary/aromatic N) is 1. The van der Waals surface area contributed by atoms with Gasteiger partial charge in [-0.2, -0.15) is 0 Å². The van der Waals surface area contributed by atoms with Crippen LogP contribution in [0.4, 0.5) is 0 Å². The van der Waals surface area contributed by atoms with E-state index in [1.807, 2.05) is 66.7 Å². The summed E-state index contributed by atoms with van der Waals surface area (Å²) >= 11 is 0. The number of fused-ring (bicyclic) bond motifs is 3. The molecule has 0 atom stereocenters. The first-order valence-electron chi connectivity index (χ1n) is 9.05. The molecule has 0 spiro atoms. The maximum Gasteiger partial charge on any atom is 0.253 e. The number of pyridine rings is 1. The molecule has 0 aliphatic carbocycles. The SMILES string of the molecule is O=C(NCCCOc1ccccc1)c1cc2ccccc2c2cccnc12. The molecule has 1 amide bonds. The van der Waals surface area contributed by atoms with E-state index in [2.05, 4.69) is 16.4 Å². The molecule has 0 saturated carbocycles. The second-order valence-corrected chi connectivity index (χ2v) is 6.32. The smallest absolute Gasteiger partial charge is 0.253 e. The molecule has 4 heteroatoms. The minimum absolute atomic E-state index is 0.107. The number of carbonyl (C=O) groups excluding carboxylic acids is 1. The lowest BCUT2D eigenvalue weighted by Crippen LogP contribution is -2.26. The normalized spacial score (nSPS) is 10.8. The van der Waals surface area contributed by atoms with Gasteiger partial charge in [-0.15, -0.1) is 0 Å². The zero-order valence-electron chi connectivity index (χ0n) is 14.9. The van der Waals surface area contributed by atoms with Crippen LogP contribution < -0.4 is 10.1 Å². The van der Waals surface area contributed by atoms with Crippen LogP contribution in [0.15, 0.2) is 79.0 Å². The lowest BCUT2D eigenvalue weighted by molar-refractivity contribution is 0.0953. The molecular weight excluding hydrogens is 336 g/mol. The predicted molar refractivity (Wildman–Crippen MR) is 108 cm³/mol. The van der Waals surface area contributed by atoms with Crippen molar-refractivity contribution >= 4 is 27.6 Å². The fourth-order valence-corrected chi connectivity index (χ4v) is 3.18. The largest absolute Gasteiger partial charge is 0.494 e. The number of para-hydroxylation sites is 1. The summed E-state index contributed by atoms with van der Waals surface area (Å²) in [5.41, 5.74) is 1.34. The molecule has 1 heterocycles. The Bertz CT molecular complexity index is 1080. The van der Waals surface area contributed by atoms with E-state index in [1.165, 1.54) is 0 Å². The molecule has 4 rings (SSSR count). The Morgan fingerprint density at radius 1 is 0.926 bits per heavy atom. The summed E-state index contributed by atoms with van der Waals surface area (Å²) in [5, 5.41) is 6.12. The fourth-order valence-electron chi connectivity index (χ4n) is 3.18. The molecule has 4 nitrogen and oxygen atoms in total. The van der Waals surface area contributed by atoms with Gasteiger partial charge in [0.25, 0.3) is 5.91 Å². The predicted octanol–water partition coefficient (Wildman–Crippen LogP) is 4.59. The summed E-state index contributed by atoms with van der Waals surface area (Å²) in [6.07, 6.45) is 2.46. The van der Waals surface area contributed by atoms with Crippen LogP contribution in [-0.2, 0) is 0 Å². The number of carbonyl (C=O) groups is 1. The molecule has 134 valence electrons. The van der Waals surface area contributed by atoms with Crippen molar-refractivity contribution in [3.8, 4) is 5.75 Å². The van der Waals surface area contributed by atoms with Crippen LogP contribution in [0.3, 0.4) is 0 Å². The molecular formula is C23H20N2O2. The van der Waals surface area contributed by atoms with Crippen LogP contribution in [0.1, 0.15) is 16.8 Å². The number of ether oxygens (including phenoxy) is 1. The number of benzene rings is 3. The van der Waals surface area contributed by atoms with Gasteiger partial charge in [-0.25, -0.2) is 0 Å². The molecule has 1 aromatic heterocycles. The van der Waals surface area contributed by atoms with Crippen LogP contribution in [0.25, 0.3) is 21.7 Å². The van der Waals surface area contributed by atoms with Crippen molar-refractivity contribution in [3.05, 3.63) is 84.6 Å². The lowest BCUT2D eigenvalue weighted by atomic mass is 10.0. The summed E-state index contributed by atoms with van der Waals surface area (Å²) in [7, 11) is 0. The second kappa shape index (κ2) is 7.87. The number of hydrogen-bond acceptors (Lipinski definition) is 3. The third-order valence-corrected chi connectivity index (χ3v) is 4.48. The minimum Gasteiger partial charge on any atom is -0.494 e. The molecule has 0 saturated heterocycles. The average Bonchev–Trinajstić information content (AvgIpc) is 2.73. The Balaban J connectivity index is 1.46. The maximum atomic E-state index is 12.7. The molecule has 0 bridgehead atoms. The molecule has 3 aromatic carbocycles. The molecule has 4 aromatic rings. The summed E-state index contributed by atoms with van der Waals surface area (Å²) in [5.74, 6) is 0.734. The first-order chi connectivity index (χ1) is 13.3. The van der Waals surface area contributed by atoms with Gasteiger partial charge in [-0.3, -0.25) is 9.78 Å². The van der Waals surface area contributed by atoms with Gasteiger partial charge in [0, 0.05) is 18.1 Å². The highest BCUT2D eigenvalue weighted by molar-refractivity contribution is 6.15. The number of nitrogens with one attached hydrogen (secondary N) is 1. The third-order valence-electron chi connectivity index (χ3n) is 4.48. The van der Waals surface area contributed by atoms with Gasteiger partial charge in [0.15, 0.2) is 0 Å². The van der Waals surface area contributed by atoms with E-state index in [1.54, 1.807) is 6.20 Å². The molecule has 0 radical (unpaired) electrons. The third kappa shape index (κ3) is 3.75.